The highest BCUT2D eigenvalue weighted by atomic mass is 19.4. The van der Waals surface area contributed by atoms with Gasteiger partial charge in [0, 0.05) is 0 Å². The summed E-state index contributed by atoms with van der Waals surface area (Å²) >= 11 is 0. The number of hydrogen-bond acceptors (Lipinski definition) is 3. The van der Waals surface area contributed by atoms with Gasteiger partial charge in [-0.25, -0.2) is 13.2 Å². The summed E-state index contributed by atoms with van der Waals surface area (Å²) in [6.07, 6.45) is -4.55. The van der Waals surface area contributed by atoms with Crippen LogP contribution in [-0.2, 0) is 6.18 Å². The monoisotopic (exact) mass is 400 g/mol. The predicted octanol–water partition coefficient (Wildman–Crippen LogP) is 6.30. The molecule has 1 heterocycles. The summed E-state index contributed by atoms with van der Waals surface area (Å²) in [5, 5.41) is 0. The summed E-state index contributed by atoms with van der Waals surface area (Å²) in [6, 6.07) is 4.82. The summed E-state index contributed by atoms with van der Waals surface area (Å²) in [4.78, 5) is 10.8. The van der Waals surface area contributed by atoms with Gasteiger partial charge in [-0.05, 0) is 48.9 Å². The Hall–Kier alpha value is -3.23. The van der Waals surface area contributed by atoms with Crippen LogP contribution in [-0.4, -0.2) is 6.29 Å². The Kier molecular flexibility index (Phi) is 4.93. The Labute approximate surface area is 154 Å². The van der Waals surface area contributed by atoms with Crippen LogP contribution < -0.4 is 4.74 Å². The van der Waals surface area contributed by atoms with Crippen molar-refractivity contribution in [3.8, 4) is 22.8 Å². The Bertz CT molecular complexity index is 1030. The maximum absolute atomic E-state index is 14.1. The largest absolute Gasteiger partial charge is 0.453 e. The molecule has 3 aromatic rings. The van der Waals surface area contributed by atoms with E-state index < -0.39 is 34.9 Å². The zero-order valence-electron chi connectivity index (χ0n) is 14.0. The summed E-state index contributed by atoms with van der Waals surface area (Å²) in [5.41, 5.74) is -1.56. The molecule has 0 fully saturated rings. The minimum atomic E-state index is -4.95. The first-order valence-electron chi connectivity index (χ1n) is 7.69. The van der Waals surface area contributed by atoms with Crippen molar-refractivity contribution in [3.63, 3.8) is 0 Å². The minimum absolute atomic E-state index is 0.0382. The second-order valence-corrected chi connectivity index (χ2v) is 5.79. The molecule has 0 atom stereocenters. The number of rotatable bonds is 4. The molecule has 0 saturated carbocycles. The fraction of sp³-hybridized carbons (Fsp3) is 0.105. The van der Waals surface area contributed by atoms with E-state index in [9.17, 15) is 31.1 Å². The van der Waals surface area contributed by atoms with Crippen LogP contribution in [0.2, 0.25) is 0 Å². The number of furan rings is 1. The molecule has 0 bridgehead atoms. The molecular weight excluding hydrogens is 390 g/mol. The first-order valence-corrected chi connectivity index (χ1v) is 7.69. The number of hydrogen-bond donors (Lipinski definition) is 0. The van der Waals surface area contributed by atoms with Gasteiger partial charge in [-0.3, -0.25) is 4.79 Å². The van der Waals surface area contributed by atoms with Gasteiger partial charge >= 0.3 is 6.18 Å². The van der Waals surface area contributed by atoms with Gasteiger partial charge in [0.05, 0.1) is 11.1 Å². The maximum Gasteiger partial charge on any atom is 0.416 e. The molecule has 0 aliphatic heterocycles. The van der Waals surface area contributed by atoms with Crippen LogP contribution in [0.5, 0.6) is 11.5 Å². The van der Waals surface area contributed by atoms with E-state index in [1.807, 2.05) is 0 Å². The van der Waals surface area contributed by atoms with Crippen molar-refractivity contribution in [1.82, 2.24) is 0 Å². The second-order valence-electron chi connectivity index (χ2n) is 5.79. The average Bonchev–Trinajstić information content (AvgIpc) is 3.08. The number of ether oxygens (including phenoxy) is 1. The van der Waals surface area contributed by atoms with E-state index in [1.54, 1.807) is 0 Å². The molecule has 3 nitrogen and oxygen atoms in total. The molecule has 0 saturated heterocycles. The van der Waals surface area contributed by atoms with E-state index in [0.29, 0.717) is 6.29 Å². The van der Waals surface area contributed by atoms with E-state index in [2.05, 4.69) is 0 Å². The van der Waals surface area contributed by atoms with Crippen molar-refractivity contribution in [2.75, 3.05) is 0 Å². The Morgan fingerprint density at radius 1 is 0.964 bits per heavy atom. The number of carbonyl (C=O) groups excluding carboxylic acids is 1. The Morgan fingerprint density at radius 3 is 2.14 bits per heavy atom. The topological polar surface area (TPSA) is 39.4 Å². The van der Waals surface area contributed by atoms with Crippen molar-refractivity contribution in [2.24, 2.45) is 0 Å². The normalized spacial score (nSPS) is 11.5. The van der Waals surface area contributed by atoms with Crippen molar-refractivity contribution in [3.05, 3.63) is 70.7 Å². The quantitative estimate of drug-likeness (QED) is 0.381. The van der Waals surface area contributed by atoms with Gasteiger partial charge in [0.2, 0.25) is 0 Å². The second kappa shape index (κ2) is 7.06. The molecule has 0 aliphatic carbocycles. The molecule has 0 unspecified atom stereocenters. The van der Waals surface area contributed by atoms with Crippen LogP contribution in [0.3, 0.4) is 0 Å². The van der Waals surface area contributed by atoms with Crippen LogP contribution in [0, 0.1) is 24.4 Å². The minimum Gasteiger partial charge on any atom is -0.453 e. The maximum atomic E-state index is 14.1. The van der Waals surface area contributed by atoms with E-state index in [4.69, 9.17) is 9.15 Å². The van der Waals surface area contributed by atoms with Crippen LogP contribution >= 0.6 is 0 Å². The average molecular weight is 400 g/mol. The lowest BCUT2D eigenvalue weighted by Crippen LogP contribution is -2.07. The highest BCUT2D eigenvalue weighted by molar-refractivity contribution is 5.74. The van der Waals surface area contributed by atoms with Gasteiger partial charge in [-0.1, -0.05) is 0 Å². The molecule has 0 radical (unpaired) electrons. The summed E-state index contributed by atoms with van der Waals surface area (Å²) in [7, 11) is 0. The van der Waals surface area contributed by atoms with Gasteiger partial charge in [0.1, 0.15) is 17.3 Å². The molecular formula is C19H10F6O3. The van der Waals surface area contributed by atoms with E-state index in [1.165, 1.54) is 19.1 Å². The summed E-state index contributed by atoms with van der Waals surface area (Å²) in [6.45, 7) is 1.35. The Morgan fingerprint density at radius 2 is 1.61 bits per heavy atom. The van der Waals surface area contributed by atoms with Crippen LogP contribution in [0.4, 0.5) is 26.3 Å². The number of benzene rings is 2. The molecule has 3 rings (SSSR count). The smallest absolute Gasteiger partial charge is 0.416 e. The van der Waals surface area contributed by atoms with Crippen molar-refractivity contribution < 1.29 is 40.3 Å². The van der Waals surface area contributed by atoms with Gasteiger partial charge < -0.3 is 9.15 Å². The number of aldehydes is 1. The predicted molar refractivity (Wildman–Crippen MR) is 85.7 cm³/mol. The zero-order valence-corrected chi connectivity index (χ0v) is 14.0. The van der Waals surface area contributed by atoms with Crippen molar-refractivity contribution in [2.45, 2.75) is 13.1 Å². The number of halogens is 6. The molecule has 0 spiro atoms. The van der Waals surface area contributed by atoms with E-state index in [-0.39, 0.29) is 40.5 Å². The molecule has 0 amide bonds. The third kappa shape index (κ3) is 3.73. The molecule has 28 heavy (non-hydrogen) atoms. The lowest BCUT2D eigenvalue weighted by atomic mass is 10.1. The molecule has 146 valence electrons. The first kappa shape index (κ1) is 19.5. The molecule has 0 N–H and O–H groups in total. The van der Waals surface area contributed by atoms with Crippen LogP contribution in [0.25, 0.3) is 11.3 Å². The summed E-state index contributed by atoms with van der Waals surface area (Å²) in [5.74, 6) is -5.37. The summed E-state index contributed by atoms with van der Waals surface area (Å²) < 4.78 is 90.5. The first-order chi connectivity index (χ1) is 13.1. The zero-order chi connectivity index (χ0) is 20.6. The highest BCUT2D eigenvalue weighted by Crippen LogP contribution is 2.39. The third-order valence-corrected chi connectivity index (χ3v) is 3.81. The van der Waals surface area contributed by atoms with E-state index >= 15 is 0 Å². The van der Waals surface area contributed by atoms with Crippen LogP contribution in [0.15, 0.2) is 40.8 Å². The fourth-order valence-corrected chi connectivity index (χ4v) is 2.42. The standard InChI is InChI=1S/C19H10F6O3/c1-9-4-17(12(7-13(9)20)16-3-2-11(8-26)27-16)28-18-14(21)5-10(6-15(18)22)19(23,24)25/h2-8H,1H3. The Balaban J connectivity index is 2.10. The number of carbonyl (C=O) groups is 1. The van der Waals surface area contributed by atoms with Crippen LogP contribution in [0.1, 0.15) is 21.7 Å². The van der Waals surface area contributed by atoms with Crippen molar-refractivity contribution >= 4 is 6.29 Å². The molecule has 2 aromatic carbocycles. The fourth-order valence-electron chi connectivity index (χ4n) is 2.42. The number of alkyl halides is 3. The highest BCUT2D eigenvalue weighted by Gasteiger charge is 2.33. The van der Waals surface area contributed by atoms with E-state index in [0.717, 1.165) is 12.1 Å². The third-order valence-electron chi connectivity index (χ3n) is 3.81. The van der Waals surface area contributed by atoms with Gasteiger partial charge in [-0.2, -0.15) is 13.2 Å². The lowest BCUT2D eigenvalue weighted by Gasteiger charge is -2.14. The van der Waals surface area contributed by atoms with Gasteiger partial charge in [-0.15, -0.1) is 0 Å². The van der Waals surface area contributed by atoms with Gasteiger partial charge in [0.15, 0.2) is 29.4 Å². The SMILES string of the molecule is Cc1cc(Oc2c(F)cc(C(F)(F)F)cc2F)c(-c2ccc(C=O)o2)cc1F. The van der Waals surface area contributed by atoms with Gasteiger partial charge in [0.25, 0.3) is 0 Å². The number of aryl methyl sites for hydroxylation is 1. The van der Waals surface area contributed by atoms with Crippen molar-refractivity contribution in [1.29, 1.82) is 0 Å². The molecule has 9 heteroatoms. The molecule has 1 aromatic heterocycles. The lowest BCUT2D eigenvalue weighted by molar-refractivity contribution is -0.138. The molecule has 0 aliphatic rings.